The number of nitrogens with two attached hydrogens (primary N) is 1. The number of carbonyl (C=O) groups is 2. The molecule has 0 bridgehead atoms. The number of alkyl carbamates (subject to hydrolysis) is 1. The minimum absolute atomic E-state index is 0.0136. The quantitative estimate of drug-likeness (QED) is 0.0281. The summed E-state index contributed by atoms with van der Waals surface area (Å²) in [5.74, 6) is -0.147. The van der Waals surface area contributed by atoms with Crippen molar-refractivity contribution in [2.45, 2.75) is 190 Å². The maximum Gasteiger partial charge on any atom is 0.407 e. The molecule has 370 valence electrons. The number of hydrogen-bond donors (Lipinski definition) is 9. The van der Waals surface area contributed by atoms with Gasteiger partial charge in [0.2, 0.25) is 5.91 Å². The van der Waals surface area contributed by atoms with Gasteiger partial charge in [0.1, 0.15) is 31.2 Å². The van der Waals surface area contributed by atoms with Crippen molar-refractivity contribution in [3.63, 3.8) is 0 Å². The molecule has 15 heteroatoms. The molecule has 10 N–H and O–H groups in total. The zero-order valence-corrected chi connectivity index (χ0v) is 38.8. The van der Waals surface area contributed by atoms with Gasteiger partial charge in [-0.2, -0.15) is 0 Å². The van der Waals surface area contributed by atoms with Crippen LogP contribution in [0, 0.1) is 0 Å². The van der Waals surface area contributed by atoms with E-state index in [2.05, 4.69) is 10.6 Å². The minimum atomic E-state index is -1.27. The first-order chi connectivity index (χ1) is 31.6. The van der Waals surface area contributed by atoms with E-state index in [4.69, 9.17) is 29.8 Å². The van der Waals surface area contributed by atoms with E-state index in [1.54, 1.807) is 24.3 Å². The third kappa shape index (κ3) is 26.5. The first-order valence-corrected chi connectivity index (χ1v) is 24.5. The molecule has 65 heavy (non-hydrogen) atoms. The smallest absolute Gasteiger partial charge is 0.407 e. The number of benzene rings is 2. The summed E-state index contributed by atoms with van der Waals surface area (Å²) in [4.78, 5) is 24.6. The average molecular weight is 918 g/mol. The summed E-state index contributed by atoms with van der Waals surface area (Å²) in [5, 5.41) is 65.7. The summed E-state index contributed by atoms with van der Waals surface area (Å²) in [6.07, 6.45) is 17.3. The number of amides is 2. The minimum Gasteiger partial charge on any atom is -0.491 e. The van der Waals surface area contributed by atoms with Crippen LogP contribution < -0.4 is 21.1 Å². The average Bonchev–Trinajstić information content (AvgIpc) is 4.11. The topological polar surface area (TPSA) is 246 Å². The van der Waals surface area contributed by atoms with Crippen molar-refractivity contribution in [2.75, 3.05) is 39.6 Å². The summed E-state index contributed by atoms with van der Waals surface area (Å²) in [7, 11) is 0. The van der Waals surface area contributed by atoms with Gasteiger partial charge < -0.3 is 66.0 Å². The molecule has 0 saturated carbocycles. The van der Waals surface area contributed by atoms with Gasteiger partial charge >= 0.3 is 6.09 Å². The lowest BCUT2D eigenvalue weighted by molar-refractivity contribution is -0.130. The molecule has 2 amide bonds. The van der Waals surface area contributed by atoms with Crippen molar-refractivity contribution in [3.05, 3.63) is 65.7 Å². The fraction of sp³-hybridized carbons (Fsp3) is 0.720. The van der Waals surface area contributed by atoms with Crippen LogP contribution in [0.15, 0.2) is 54.6 Å². The van der Waals surface area contributed by atoms with Crippen molar-refractivity contribution in [3.8, 4) is 5.75 Å². The van der Waals surface area contributed by atoms with E-state index in [0.29, 0.717) is 30.8 Å². The molecule has 0 spiro atoms. The lowest BCUT2D eigenvalue weighted by atomic mass is 10.0. The molecule has 1 unspecified atom stereocenters. The normalized spacial score (nSPS) is 17.4. The molecule has 1 fully saturated rings. The molecule has 2 aromatic rings. The van der Waals surface area contributed by atoms with Gasteiger partial charge in [-0.3, -0.25) is 4.79 Å². The van der Waals surface area contributed by atoms with E-state index in [1.807, 2.05) is 30.3 Å². The largest absolute Gasteiger partial charge is 0.491 e. The number of nitrogens with one attached hydrogen (secondary N) is 2. The van der Waals surface area contributed by atoms with Gasteiger partial charge in [-0.15, -0.1) is 0 Å². The Bertz CT molecular complexity index is 1490. The molecule has 1 heterocycles. The number of aliphatic hydroxyl groups excluding tert-OH is 6. The Balaban J connectivity index is 1.10. The highest BCUT2D eigenvalue weighted by Crippen LogP contribution is 2.32. The van der Waals surface area contributed by atoms with Gasteiger partial charge in [-0.25, -0.2) is 4.79 Å². The van der Waals surface area contributed by atoms with Gasteiger partial charge in [0, 0.05) is 13.2 Å². The maximum absolute atomic E-state index is 12.5. The van der Waals surface area contributed by atoms with Crippen molar-refractivity contribution in [1.82, 2.24) is 10.6 Å². The number of hydrogen-bond acceptors (Lipinski definition) is 13. The van der Waals surface area contributed by atoms with Gasteiger partial charge in [0.15, 0.2) is 0 Å². The van der Waals surface area contributed by atoms with E-state index >= 15 is 0 Å². The highest BCUT2D eigenvalue weighted by Gasteiger charge is 2.43. The number of epoxide rings is 1. The zero-order chi connectivity index (χ0) is 46.9. The fourth-order valence-electron chi connectivity index (χ4n) is 7.72. The van der Waals surface area contributed by atoms with Gasteiger partial charge in [-0.1, -0.05) is 132 Å². The Hall–Kier alpha value is -3.38. The van der Waals surface area contributed by atoms with Crippen LogP contribution in [0.1, 0.15) is 152 Å². The summed E-state index contributed by atoms with van der Waals surface area (Å²) in [6.45, 7) is 0.740. The van der Waals surface area contributed by atoms with Crippen molar-refractivity contribution in [2.24, 2.45) is 5.73 Å². The van der Waals surface area contributed by atoms with Crippen LogP contribution in [0.2, 0.25) is 0 Å². The fourth-order valence-corrected chi connectivity index (χ4v) is 7.72. The third-order valence-electron chi connectivity index (χ3n) is 11.9. The van der Waals surface area contributed by atoms with E-state index in [1.165, 1.54) is 51.4 Å². The highest BCUT2D eigenvalue weighted by molar-refractivity contribution is 5.80. The van der Waals surface area contributed by atoms with Crippen molar-refractivity contribution < 1.29 is 59.2 Å². The molecule has 0 aromatic heterocycles. The Morgan fingerprint density at radius 1 is 0.692 bits per heavy atom. The number of unbranched alkanes of at least 4 members (excludes halogenated alkanes) is 13. The van der Waals surface area contributed by atoms with Crippen LogP contribution in [-0.2, 0) is 25.6 Å². The predicted octanol–water partition coefficient (Wildman–Crippen LogP) is 5.88. The number of rotatable bonds is 40. The molecule has 1 aliphatic rings. The van der Waals surface area contributed by atoms with Gasteiger partial charge in [0.25, 0.3) is 0 Å². The van der Waals surface area contributed by atoms with Crippen LogP contribution in [0.25, 0.3) is 0 Å². The molecule has 3 rings (SSSR count). The molecule has 8 atom stereocenters. The van der Waals surface area contributed by atoms with Crippen LogP contribution in [0.4, 0.5) is 4.79 Å². The van der Waals surface area contributed by atoms with Crippen LogP contribution in [0.5, 0.6) is 5.75 Å². The Morgan fingerprint density at radius 3 is 1.94 bits per heavy atom. The first kappa shape index (κ1) is 55.9. The SMILES string of the molecule is N[C@@H](CO)COCCCCCCCCCCCCC(O)CCCCCCC[C@@H]1O[C@@H]1[C@@H](O)CCC[C@H](O)C(=O)NC[C@H](O)c1ccc(OC[C@H](CO)NC(=O)OCc2ccccc2)cc1. The Morgan fingerprint density at radius 2 is 1.31 bits per heavy atom. The molecular formula is C50H83N3O12. The lowest BCUT2D eigenvalue weighted by Gasteiger charge is -2.18. The molecule has 2 aromatic carbocycles. The number of aliphatic hydroxyl groups is 6. The van der Waals surface area contributed by atoms with Gasteiger partial charge in [-0.05, 0) is 68.2 Å². The maximum atomic E-state index is 12.5. The lowest BCUT2D eigenvalue weighted by Crippen LogP contribution is -2.41. The number of ether oxygens (including phenoxy) is 4. The molecule has 15 nitrogen and oxygen atoms in total. The monoisotopic (exact) mass is 918 g/mol. The van der Waals surface area contributed by atoms with Crippen molar-refractivity contribution in [1.29, 1.82) is 0 Å². The molecule has 0 radical (unpaired) electrons. The van der Waals surface area contributed by atoms with Crippen LogP contribution in [-0.4, -0.2) is 125 Å². The third-order valence-corrected chi connectivity index (χ3v) is 11.9. The molecule has 0 aliphatic carbocycles. The second kappa shape index (κ2) is 34.9. The summed E-state index contributed by atoms with van der Waals surface area (Å²) in [6, 6.07) is 14.8. The van der Waals surface area contributed by atoms with Crippen molar-refractivity contribution >= 4 is 12.0 Å². The van der Waals surface area contributed by atoms with Crippen LogP contribution in [0.3, 0.4) is 0 Å². The van der Waals surface area contributed by atoms with Crippen LogP contribution >= 0.6 is 0 Å². The summed E-state index contributed by atoms with van der Waals surface area (Å²) < 4.78 is 22.1. The highest BCUT2D eigenvalue weighted by atomic mass is 16.6. The number of carbonyl (C=O) groups excluding carboxylic acids is 2. The zero-order valence-electron chi connectivity index (χ0n) is 38.8. The summed E-state index contributed by atoms with van der Waals surface area (Å²) >= 11 is 0. The van der Waals surface area contributed by atoms with E-state index in [9.17, 15) is 35.1 Å². The molecule has 1 aliphatic heterocycles. The molecular weight excluding hydrogens is 835 g/mol. The summed E-state index contributed by atoms with van der Waals surface area (Å²) in [5.41, 5.74) is 6.98. The predicted molar refractivity (Wildman–Crippen MR) is 250 cm³/mol. The van der Waals surface area contributed by atoms with E-state index in [0.717, 1.165) is 76.4 Å². The Kier molecular flexibility index (Phi) is 30.0. The second-order valence-electron chi connectivity index (χ2n) is 17.7. The van der Waals surface area contributed by atoms with E-state index < -0.39 is 36.4 Å². The van der Waals surface area contributed by atoms with Gasteiger partial charge in [0.05, 0.1) is 56.3 Å². The standard InChI is InChI=1S/C50H83N3O12/c51-40(33-54)36-62-31-18-11-6-4-2-1-3-5-8-15-22-42(56)23-16-9-7-10-17-26-47-48(65-47)44(57)24-19-25-45(58)49(60)52-32-46(59)39-27-29-43(30-28-39)63-37-41(34-55)53-50(61)64-35-38-20-13-12-14-21-38/h12-14,20-21,27-30,40-42,44-48,54-59H,1-11,15-19,22-26,31-37,51H2,(H,52,60)(H,53,61)/t40-,41-,42?,44-,45-,46-,47-,48+/m0/s1. The van der Waals surface area contributed by atoms with E-state index in [-0.39, 0.29) is 63.7 Å². The second-order valence-corrected chi connectivity index (χ2v) is 17.7. The Labute approximate surface area is 387 Å². The molecule has 1 saturated heterocycles. The first-order valence-electron chi connectivity index (χ1n) is 24.5.